The smallest absolute Gasteiger partial charge is 0.463 e. The minimum absolute atomic E-state index is 0.0561. The molecule has 0 aliphatic carbocycles. The Morgan fingerprint density at radius 1 is 0.287 bits per heavy atom. The van der Waals surface area contributed by atoms with Gasteiger partial charge in [0, 0.05) is 19.3 Å². The van der Waals surface area contributed by atoms with Crippen molar-refractivity contribution < 1.29 is 75.8 Å². The Bertz CT molecular complexity index is 2520. The number of phosphoric ester groups is 2. The van der Waals surface area contributed by atoms with Crippen LogP contribution in [0.4, 0.5) is 0 Å². The van der Waals surface area contributed by atoms with Gasteiger partial charge in [0.25, 0.3) is 0 Å². The lowest BCUT2D eigenvalue weighted by atomic mass is 10.1. The molecule has 18 heteroatoms. The van der Waals surface area contributed by atoms with Crippen molar-refractivity contribution in [2.75, 3.05) is 39.6 Å². The first-order chi connectivity index (χ1) is 49.2. The third-order valence-corrected chi connectivity index (χ3v) is 17.3. The highest BCUT2D eigenvalue weighted by Crippen LogP contribution is 2.45. The molecule has 0 spiro atoms. The van der Waals surface area contributed by atoms with Crippen LogP contribution in [0.25, 0.3) is 0 Å². The Morgan fingerprint density at radius 2 is 0.525 bits per heavy atom. The number of rotatable bonds is 71. The van der Waals surface area contributed by atoms with E-state index in [1.54, 1.807) is 0 Å². The number of allylic oxidation sites excluding steroid dienone is 28. The van der Waals surface area contributed by atoms with Crippen LogP contribution in [0.5, 0.6) is 0 Å². The molecule has 0 aliphatic heterocycles. The van der Waals surface area contributed by atoms with E-state index in [9.17, 15) is 43.5 Å². The summed E-state index contributed by atoms with van der Waals surface area (Å²) in [6, 6.07) is 0. The molecule has 0 saturated heterocycles. The van der Waals surface area contributed by atoms with Crippen LogP contribution in [0.1, 0.15) is 278 Å². The molecule has 0 saturated carbocycles. The quantitative estimate of drug-likeness (QED) is 0.0146. The van der Waals surface area contributed by atoms with Crippen molar-refractivity contribution in [1.29, 1.82) is 0 Å². The van der Waals surface area contributed by atoms with Gasteiger partial charge in [-0.15, -0.1) is 0 Å². The van der Waals surface area contributed by atoms with Crippen molar-refractivity contribution in [3.05, 3.63) is 170 Å². The van der Waals surface area contributed by atoms with Gasteiger partial charge in [-0.25, -0.2) is 9.13 Å². The molecule has 0 radical (unpaired) electrons. The summed E-state index contributed by atoms with van der Waals surface area (Å²) >= 11 is 0. The van der Waals surface area contributed by atoms with Gasteiger partial charge in [0.2, 0.25) is 0 Å². The Balaban J connectivity index is 4.75. The summed E-state index contributed by atoms with van der Waals surface area (Å²) in [6.07, 6.45) is 93.8. The van der Waals surface area contributed by atoms with Crippen LogP contribution in [0.2, 0.25) is 0 Å². The molecule has 0 amide bonds. The largest absolute Gasteiger partial charge is 0.472 e. The maximum Gasteiger partial charge on any atom is 0.472 e. The number of aliphatic hydroxyl groups is 2. The predicted molar refractivity (Wildman–Crippen MR) is 417 cm³/mol. The maximum atomic E-state index is 13.0. The van der Waals surface area contributed by atoms with Gasteiger partial charge in [-0.1, -0.05) is 274 Å². The summed E-state index contributed by atoms with van der Waals surface area (Å²) < 4.78 is 61.1. The van der Waals surface area contributed by atoms with Crippen molar-refractivity contribution in [3.63, 3.8) is 0 Å². The zero-order valence-corrected chi connectivity index (χ0v) is 64.3. The second-order valence-corrected chi connectivity index (χ2v) is 27.9. The number of aliphatic hydroxyl groups excluding tert-OH is 2. The number of ether oxygens (including phenoxy) is 3. The standard InChI is InChI=1S/C83H136O16P2/c1-4-7-10-13-16-19-22-25-28-31-34-36-38-40-43-45-48-51-54-57-60-63-66-69-81(86)93-72-78(84)73-95-100(89,90)96-74-79(85)75-97-101(91,92)98-77-80(99-83(88)71-68-65-62-59-56-53-50-47-42-33-30-27-24-21-18-15-12-9-6-3)76-94-82(87)70-67-64-61-58-55-52-49-46-44-41-39-37-35-32-29-26-23-20-17-14-11-8-5-2/h7,9-10,12,16-21,25-30,34-37,40-44,47,53,56,78-80,84-85H,4-6,8,11,13-15,22-24,31-33,38-39,45-46,48-52,54-55,57-77H2,1-3H3,(H,89,90)(H,91,92)/b10-7-,12-9-,19-16-,20-17-,21-18-,28-25-,29-26-,30-27-,36-34-,37-35-,43-40-,44-41-,47-42-,56-53-. The van der Waals surface area contributed by atoms with E-state index in [1.807, 2.05) is 0 Å². The number of phosphoric acid groups is 2. The van der Waals surface area contributed by atoms with Crippen molar-refractivity contribution in [3.8, 4) is 0 Å². The van der Waals surface area contributed by atoms with E-state index in [1.165, 1.54) is 25.7 Å². The molecule has 5 unspecified atom stereocenters. The first-order valence-corrected chi connectivity index (χ1v) is 41.4. The van der Waals surface area contributed by atoms with Gasteiger partial charge in [0.1, 0.15) is 25.4 Å². The Kier molecular flexibility index (Phi) is 70.9. The number of carbonyl (C=O) groups is 3. The summed E-state index contributed by atoms with van der Waals surface area (Å²) in [7, 11) is -9.82. The normalized spacial score (nSPS) is 15.0. The second-order valence-electron chi connectivity index (χ2n) is 25.0. The van der Waals surface area contributed by atoms with Crippen LogP contribution in [-0.2, 0) is 55.8 Å². The van der Waals surface area contributed by atoms with E-state index in [0.717, 1.165) is 193 Å². The monoisotopic (exact) mass is 1450 g/mol. The lowest BCUT2D eigenvalue weighted by molar-refractivity contribution is -0.161. The van der Waals surface area contributed by atoms with E-state index in [4.69, 9.17) is 32.3 Å². The number of hydrogen-bond donors (Lipinski definition) is 4. The number of hydrogen-bond acceptors (Lipinski definition) is 14. The summed E-state index contributed by atoms with van der Waals surface area (Å²) in [5, 5.41) is 20.6. The van der Waals surface area contributed by atoms with Gasteiger partial charge in [-0.05, 0) is 154 Å². The highest BCUT2D eigenvalue weighted by Gasteiger charge is 2.29. The fraction of sp³-hybridized carbons (Fsp3) is 0.627. The molecule has 4 N–H and O–H groups in total. The Hall–Kier alpha value is -5.09. The molecule has 0 aliphatic rings. The fourth-order valence-electron chi connectivity index (χ4n) is 9.61. The van der Waals surface area contributed by atoms with Crippen LogP contribution < -0.4 is 0 Å². The Morgan fingerprint density at radius 3 is 0.842 bits per heavy atom. The zero-order chi connectivity index (χ0) is 73.7. The molecular formula is C83H136O16P2. The van der Waals surface area contributed by atoms with Crippen LogP contribution in [-0.4, -0.2) is 95.9 Å². The molecule has 5 atom stereocenters. The first kappa shape index (κ1) is 95.9. The fourth-order valence-corrected chi connectivity index (χ4v) is 11.2. The molecule has 0 rings (SSSR count). The average molecular weight is 1450 g/mol. The molecule has 0 heterocycles. The number of esters is 3. The van der Waals surface area contributed by atoms with Gasteiger partial charge in [0.05, 0.1) is 26.4 Å². The molecule has 101 heavy (non-hydrogen) atoms. The zero-order valence-electron chi connectivity index (χ0n) is 62.5. The van der Waals surface area contributed by atoms with Gasteiger partial charge in [-0.3, -0.25) is 32.5 Å². The van der Waals surface area contributed by atoms with E-state index in [2.05, 4.69) is 191 Å². The Labute approximate surface area is 612 Å². The van der Waals surface area contributed by atoms with Crippen molar-refractivity contribution in [2.45, 2.75) is 296 Å². The first-order valence-electron chi connectivity index (χ1n) is 38.4. The topological polar surface area (TPSA) is 231 Å². The third-order valence-electron chi connectivity index (χ3n) is 15.4. The molecule has 0 aromatic carbocycles. The van der Waals surface area contributed by atoms with Gasteiger partial charge in [0.15, 0.2) is 6.10 Å². The second kappa shape index (κ2) is 74.6. The van der Waals surface area contributed by atoms with Gasteiger partial charge >= 0.3 is 33.6 Å². The summed E-state index contributed by atoms with van der Waals surface area (Å²) in [6.45, 7) is 2.34. The molecule has 574 valence electrons. The van der Waals surface area contributed by atoms with E-state index < -0.39 is 91.5 Å². The summed E-state index contributed by atoms with van der Waals surface area (Å²) in [5.41, 5.74) is 0. The highest BCUT2D eigenvalue weighted by atomic mass is 31.2. The highest BCUT2D eigenvalue weighted by molar-refractivity contribution is 7.47. The lowest BCUT2D eigenvalue weighted by Crippen LogP contribution is -2.30. The summed E-state index contributed by atoms with van der Waals surface area (Å²) in [5.74, 6) is -1.64. The van der Waals surface area contributed by atoms with E-state index >= 15 is 0 Å². The summed E-state index contributed by atoms with van der Waals surface area (Å²) in [4.78, 5) is 58.7. The van der Waals surface area contributed by atoms with E-state index in [-0.39, 0.29) is 19.3 Å². The van der Waals surface area contributed by atoms with Gasteiger partial charge in [-0.2, -0.15) is 0 Å². The molecule has 0 aromatic heterocycles. The molecule has 0 fully saturated rings. The number of unbranched alkanes of at least 4 members (excludes halogenated alkanes) is 20. The molecule has 0 aromatic rings. The predicted octanol–water partition coefficient (Wildman–Crippen LogP) is 22.4. The van der Waals surface area contributed by atoms with Crippen molar-refractivity contribution >= 4 is 33.6 Å². The van der Waals surface area contributed by atoms with Crippen LogP contribution in [0.15, 0.2) is 170 Å². The van der Waals surface area contributed by atoms with Crippen LogP contribution in [0.3, 0.4) is 0 Å². The van der Waals surface area contributed by atoms with E-state index in [0.29, 0.717) is 19.3 Å². The minimum Gasteiger partial charge on any atom is -0.463 e. The third kappa shape index (κ3) is 75.9. The molecular weight excluding hydrogens is 1310 g/mol. The SMILES string of the molecule is CC/C=C\C/C=C\C/C=C\C/C=C\C/C=C\CCCCCCCCCC(=O)OCC(O)COP(=O)(O)OCC(O)COP(=O)(O)OCC(COC(=O)CCCCCCCCC/C=C\C/C=C\C/C=C\C/C=C\CCCCC)OC(=O)CCCCC/C=C\C/C=C\C/C=C\C/C=C\C/C=C\CC. The maximum absolute atomic E-state index is 13.0. The lowest BCUT2D eigenvalue weighted by Gasteiger charge is -2.21. The van der Waals surface area contributed by atoms with Crippen LogP contribution >= 0.6 is 15.6 Å². The van der Waals surface area contributed by atoms with Crippen molar-refractivity contribution in [1.82, 2.24) is 0 Å². The minimum atomic E-state index is -4.95. The molecule has 0 bridgehead atoms. The van der Waals surface area contributed by atoms with Crippen molar-refractivity contribution in [2.24, 2.45) is 0 Å². The average Bonchev–Trinajstić information content (AvgIpc) is 1.05. The number of carbonyl (C=O) groups excluding carboxylic acids is 3. The van der Waals surface area contributed by atoms with Gasteiger partial charge < -0.3 is 34.2 Å². The van der Waals surface area contributed by atoms with Crippen LogP contribution in [0, 0.1) is 0 Å². The molecule has 16 nitrogen and oxygen atoms in total.